The fourth-order valence-corrected chi connectivity index (χ4v) is 1.59. The molecule has 1 aliphatic rings. The number of ketones is 2. The Balaban J connectivity index is 3.54. The summed E-state index contributed by atoms with van der Waals surface area (Å²) in [5.74, 6) is -2.08. The van der Waals surface area contributed by atoms with Gasteiger partial charge in [0.25, 0.3) is 0 Å². The van der Waals surface area contributed by atoms with Gasteiger partial charge in [-0.25, -0.2) is 0 Å². The molecule has 0 spiro atoms. The Labute approximate surface area is 78.4 Å². The number of carbonyl (C=O) groups excluding carboxylic acids is 2. The minimum Gasteiger partial charge on any atom is -0.706 e. The van der Waals surface area contributed by atoms with Crippen LogP contribution in [0.25, 0.3) is 5.53 Å². The number of allylic oxidation sites excluding steroid dienone is 3. The molecule has 1 rings (SSSR count). The van der Waals surface area contributed by atoms with Crippen LogP contribution >= 0.6 is 0 Å². The molecule has 8 heteroatoms. The van der Waals surface area contributed by atoms with Crippen molar-refractivity contribution in [1.29, 1.82) is 0 Å². The second-order valence-corrected chi connectivity index (χ2v) is 3.67. The normalized spacial score (nSPS) is 17.5. The van der Waals surface area contributed by atoms with Crippen molar-refractivity contribution in [2.24, 2.45) is 5.11 Å². The third-order valence-electron chi connectivity index (χ3n) is 1.42. The Morgan fingerprint density at radius 2 is 1.71 bits per heavy atom. The molecule has 0 bridgehead atoms. The van der Waals surface area contributed by atoms with E-state index in [0.717, 1.165) is 6.08 Å². The van der Waals surface area contributed by atoms with E-state index in [0.29, 0.717) is 6.08 Å². The van der Waals surface area contributed by atoms with Crippen LogP contribution in [0.4, 0.5) is 0 Å². The van der Waals surface area contributed by atoms with Crippen LogP contribution in [0.3, 0.4) is 0 Å². The highest BCUT2D eigenvalue weighted by atomic mass is 32.2. The van der Waals surface area contributed by atoms with E-state index in [1.807, 2.05) is 0 Å². The molecule has 0 unspecified atom stereocenters. The maximum atomic E-state index is 10.9. The summed E-state index contributed by atoms with van der Waals surface area (Å²) in [6.45, 7) is 0. The summed E-state index contributed by atoms with van der Waals surface area (Å²) in [5.41, 5.74) is 7.31. The minimum atomic E-state index is -4.86. The van der Waals surface area contributed by atoms with Crippen LogP contribution < -0.4 is 0 Å². The molecule has 0 amide bonds. The highest BCUT2D eigenvalue weighted by Crippen LogP contribution is 2.19. The van der Waals surface area contributed by atoms with E-state index in [1.165, 1.54) is 0 Å². The molecule has 7 nitrogen and oxygen atoms in total. The lowest BCUT2D eigenvalue weighted by Crippen LogP contribution is -2.19. The molecule has 0 aromatic heterocycles. The zero-order valence-electron chi connectivity index (χ0n) is 6.54. The summed E-state index contributed by atoms with van der Waals surface area (Å²) < 4.78 is 29.8. The van der Waals surface area contributed by atoms with Crippen LogP contribution in [-0.2, 0) is 19.7 Å². The van der Waals surface area contributed by atoms with Crippen molar-refractivity contribution >= 4 is 21.7 Å². The number of rotatable bonds is 2. The van der Waals surface area contributed by atoms with Crippen LogP contribution in [0.15, 0.2) is 27.9 Å². The minimum absolute atomic E-state index is 0.667. The van der Waals surface area contributed by atoms with Gasteiger partial charge in [-0.15, -0.1) is 0 Å². The molecule has 1 aliphatic carbocycles. The summed E-state index contributed by atoms with van der Waals surface area (Å²) in [7, 11) is -4.86. The van der Waals surface area contributed by atoms with Crippen LogP contribution in [-0.4, -0.2) is 24.5 Å². The second-order valence-electron chi connectivity index (χ2n) is 2.31. The third-order valence-corrected chi connectivity index (χ3v) is 2.33. The Hall–Kier alpha value is -1.67. The predicted octanol–water partition coefficient (Wildman–Crippen LogP) is -0.185. The number of nitrogens with zero attached hydrogens (tertiary/aromatic N) is 2. The average Bonchev–Trinajstić information content (AvgIpc) is 2.06. The van der Waals surface area contributed by atoms with Crippen molar-refractivity contribution in [2.45, 2.75) is 0 Å². The van der Waals surface area contributed by atoms with Gasteiger partial charge in [0, 0.05) is 0 Å². The first-order chi connectivity index (χ1) is 6.38. The van der Waals surface area contributed by atoms with Crippen molar-refractivity contribution in [3.63, 3.8) is 0 Å². The zero-order chi connectivity index (χ0) is 10.9. The molecular weight excluding hydrogens is 212 g/mol. The Morgan fingerprint density at radius 1 is 1.21 bits per heavy atom. The fraction of sp³-hybridized carbons (Fsp3) is 0. The Bertz CT molecular complexity index is 484. The monoisotopic (exact) mass is 215 g/mol. The van der Waals surface area contributed by atoms with E-state index in [2.05, 4.69) is 5.11 Å². The fourth-order valence-electron chi connectivity index (χ4n) is 0.879. The smallest absolute Gasteiger partial charge is 0.300 e. The molecule has 0 heterocycles. The number of hydrogen-bond donors (Lipinski definition) is 1. The highest BCUT2D eigenvalue weighted by Gasteiger charge is 2.30. The van der Waals surface area contributed by atoms with E-state index >= 15 is 0 Å². The molecule has 0 saturated heterocycles. The van der Waals surface area contributed by atoms with E-state index in [4.69, 9.17) is 10.1 Å². The lowest BCUT2D eigenvalue weighted by molar-refractivity contribution is -0.114. The topological polar surface area (TPSA) is 123 Å². The number of hydrogen-bond acceptors (Lipinski definition) is 5. The molecule has 14 heavy (non-hydrogen) atoms. The molecule has 0 aliphatic heterocycles. The molecule has 0 saturated carbocycles. The molecule has 0 fully saturated rings. The third kappa shape index (κ3) is 1.65. The first kappa shape index (κ1) is 10.4. The molecular formula is C6H3N2O5S-. The largest absolute Gasteiger partial charge is 0.706 e. The van der Waals surface area contributed by atoms with Crippen molar-refractivity contribution in [3.8, 4) is 0 Å². The van der Waals surface area contributed by atoms with Crippen LogP contribution in [0.1, 0.15) is 0 Å². The van der Waals surface area contributed by atoms with Gasteiger partial charge in [-0.1, -0.05) is 0 Å². The summed E-state index contributed by atoms with van der Waals surface area (Å²) >= 11 is 0. The van der Waals surface area contributed by atoms with E-state index in [9.17, 15) is 18.0 Å². The maximum Gasteiger partial charge on any atom is 0.300 e. The summed E-state index contributed by atoms with van der Waals surface area (Å²) in [6.07, 6.45) is 1.41. The second kappa shape index (κ2) is 3.24. The van der Waals surface area contributed by atoms with Gasteiger partial charge in [0.2, 0.25) is 11.6 Å². The van der Waals surface area contributed by atoms with Gasteiger partial charge >= 0.3 is 10.1 Å². The van der Waals surface area contributed by atoms with Crippen molar-refractivity contribution < 1.29 is 22.6 Å². The molecule has 0 aromatic carbocycles. The zero-order valence-corrected chi connectivity index (χ0v) is 7.35. The molecule has 0 radical (unpaired) electrons. The van der Waals surface area contributed by atoms with Crippen LogP contribution in [0.5, 0.6) is 0 Å². The average molecular weight is 215 g/mol. The lowest BCUT2D eigenvalue weighted by Gasteiger charge is -2.09. The standard InChI is InChI=1S/C6H3N2O5S/c7-8-5-3(9)1-2-4(10)6(5)14(11,12)13/h1-2H,(H,11,12,13)/q-1. The van der Waals surface area contributed by atoms with Crippen molar-refractivity contribution in [1.82, 2.24) is 0 Å². The summed E-state index contributed by atoms with van der Waals surface area (Å²) in [6, 6.07) is 0. The summed E-state index contributed by atoms with van der Waals surface area (Å²) in [4.78, 5) is 20.6. The van der Waals surface area contributed by atoms with Crippen LogP contribution in [0, 0.1) is 0 Å². The first-order valence-electron chi connectivity index (χ1n) is 3.21. The predicted molar refractivity (Wildman–Crippen MR) is 43.5 cm³/mol. The van der Waals surface area contributed by atoms with Gasteiger partial charge in [0.05, 0.1) is 0 Å². The Kier molecular flexibility index (Phi) is 2.41. The SMILES string of the molecule is [N-]=NC1=C(S(=O)(=O)O)C(=O)C=CC1=O. The van der Waals surface area contributed by atoms with Gasteiger partial charge in [-0.3, -0.25) is 14.1 Å². The van der Waals surface area contributed by atoms with E-state index in [1.54, 1.807) is 0 Å². The molecule has 1 N–H and O–H groups in total. The van der Waals surface area contributed by atoms with Crippen LogP contribution in [0.2, 0.25) is 0 Å². The van der Waals surface area contributed by atoms with E-state index in [-0.39, 0.29) is 0 Å². The van der Waals surface area contributed by atoms with Gasteiger partial charge in [-0.2, -0.15) is 8.42 Å². The number of carbonyl (C=O) groups is 2. The van der Waals surface area contributed by atoms with Crippen molar-refractivity contribution in [3.05, 3.63) is 28.3 Å². The molecule has 0 aromatic rings. The first-order valence-corrected chi connectivity index (χ1v) is 4.65. The maximum absolute atomic E-state index is 10.9. The van der Waals surface area contributed by atoms with Crippen molar-refractivity contribution in [2.75, 3.05) is 0 Å². The van der Waals surface area contributed by atoms with Gasteiger partial charge in [-0.05, 0) is 12.2 Å². The summed E-state index contributed by atoms with van der Waals surface area (Å²) in [5, 5.41) is 2.35. The highest BCUT2D eigenvalue weighted by molar-refractivity contribution is 7.91. The molecule has 74 valence electrons. The van der Waals surface area contributed by atoms with Gasteiger partial charge in [0.1, 0.15) is 5.70 Å². The van der Waals surface area contributed by atoms with E-state index < -0.39 is 32.3 Å². The van der Waals surface area contributed by atoms with Gasteiger partial charge < -0.3 is 10.6 Å². The quantitative estimate of drug-likeness (QED) is 0.388. The lowest BCUT2D eigenvalue weighted by atomic mass is 10.1. The van der Waals surface area contributed by atoms with Gasteiger partial charge in [0.15, 0.2) is 4.91 Å². The molecule has 0 atom stereocenters. The Morgan fingerprint density at radius 3 is 2.07 bits per heavy atom.